The molecule has 0 aromatic carbocycles. The van der Waals surface area contributed by atoms with Crippen LogP contribution in [0.4, 0.5) is 0 Å². The van der Waals surface area contributed by atoms with Gasteiger partial charge in [-0.1, -0.05) is 13.3 Å². The van der Waals surface area contributed by atoms with Gasteiger partial charge in [-0.05, 0) is 25.7 Å². The first kappa shape index (κ1) is 14.0. The highest BCUT2D eigenvalue weighted by molar-refractivity contribution is 7.87. The topological polar surface area (TPSA) is 66.5 Å². The lowest BCUT2D eigenvalue weighted by molar-refractivity contribution is -0.126. The zero-order valence-electron chi connectivity index (χ0n) is 10.9. The number of hydrogen-bond donors (Lipinski definition) is 1. The average molecular weight is 274 g/mol. The Morgan fingerprint density at radius 2 is 2.06 bits per heavy atom. The Labute approximate surface area is 109 Å². The molecule has 6 heteroatoms. The molecule has 2 fully saturated rings. The molecular weight excluding hydrogens is 252 g/mol. The fourth-order valence-electron chi connectivity index (χ4n) is 3.15. The molecule has 0 aromatic heterocycles. The molecule has 1 N–H and O–H groups in total. The third-order valence-corrected chi connectivity index (χ3v) is 5.67. The minimum Gasteiger partial charge on any atom is -0.299 e. The highest BCUT2D eigenvalue weighted by Crippen LogP contribution is 2.33. The van der Waals surface area contributed by atoms with Gasteiger partial charge in [-0.15, -0.1) is 0 Å². The van der Waals surface area contributed by atoms with E-state index in [1.54, 1.807) is 6.92 Å². The van der Waals surface area contributed by atoms with Gasteiger partial charge in [0.15, 0.2) is 0 Å². The molecule has 1 aliphatic heterocycles. The van der Waals surface area contributed by atoms with Crippen LogP contribution in [0.3, 0.4) is 0 Å². The first-order valence-corrected chi connectivity index (χ1v) is 8.29. The van der Waals surface area contributed by atoms with Gasteiger partial charge in [0.1, 0.15) is 5.78 Å². The van der Waals surface area contributed by atoms with Crippen molar-refractivity contribution in [3.63, 3.8) is 0 Å². The van der Waals surface area contributed by atoms with Gasteiger partial charge in [0.2, 0.25) is 0 Å². The summed E-state index contributed by atoms with van der Waals surface area (Å²) in [6.45, 7) is 2.71. The van der Waals surface area contributed by atoms with Crippen LogP contribution in [-0.2, 0) is 15.0 Å². The van der Waals surface area contributed by atoms with E-state index in [9.17, 15) is 13.2 Å². The molecule has 2 atom stereocenters. The fourth-order valence-corrected chi connectivity index (χ4v) is 4.66. The second-order valence-electron chi connectivity index (χ2n) is 5.14. The Morgan fingerprint density at radius 1 is 1.28 bits per heavy atom. The van der Waals surface area contributed by atoms with Crippen molar-refractivity contribution in [2.75, 3.05) is 13.1 Å². The van der Waals surface area contributed by atoms with Gasteiger partial charge in [-0.25, -0.2) is 4.72 Å². The molecular formula is C12H22N2O3S. The van der Waals surface area contributed by atoms with Crippen LogP contribution in [0.5, 0.6) is 0 Å². The Morgan fingerprint density at radius 3 is 2.72 bits per heavy atom. The van der Waals surface area contributed by atoms with Gasteiger partial charge < -0.3 is 0 Å². The van der Waals surface area contributed by atoms with E-state index in [1.165, 1.54) is 4.31 Å². The lowest BCUT2D eigenvalue weighted by Gasteiger charge is -2.32. The van der Waals surface area contributed by atoms with Crippen molar-refractivity contribution in [1.29, 1.82) is 0 Å². The second kappa shape index (κ2) is 5.67. The van der Waals surface area contributed by atoms with Gasteiger partial charge in [0.05, 0.1) is 0 Å². The van der Waals surface area contributed by atoms with E-state index >= 15 is 0 Å². The van der Waals surface area contributed by atoms with Gasteiger partial charge in [0, 0.05) is 31.5 Å². The van der Waals surface area contributed by atoms with Crippen LogP contribution in [0.1, 0.15) is 45.4 Å². The van der Waals surface area contributed by atoms with Crippen LogP contribution >= 0.6 is 0 Å². The largest absolute Gasteiger partial charge is 0.299 e. The molecule has 104 valence electrons. The molecule has 2 aliphatic rings. The number of rotatable bonds is 4. The standard InChI is InChI=1S/C12H22N2O3S/c1-2-13-18(16,17)14-9-5-7-11(14)10-6-3-4-8-12(10)15/h10-11,13H,2-9H2,1H3. The van der Waals surface area contributed by atoms with Crippen molar-refractivity contribution >= 4 is 16.0 Å². The van der Waals surface area contributed by atoms with Crippen molar-refractivity contribution in [2.45, 2.75) is 51.5 Å². The summed E-state index contributed by atoms with van der Waals surface area (Å²) in [4.78, 5) is 12.0. The van der Waals surface area contributed by atoms with Crippen LogP contribution in [0, 0.1) is 5.92 Å². The van der Waals surface area contributed by atoms with Gasteiger partial charge in [0.25, 0.3) is 10.2 Å². The summed E-state index contributed by atoms with van der Waals surface area (Å²) < 4.78 is 28.2. The summed E-state index contributed by atoms with van der Waals surface area (Å²) in [6, 6.07) is -0.109. The van der Waals surface area contributed by atoms with E-state index in [2.05, 4.69) is 4.72 Å². The number of nitrogens with zero attached hydrogens (tertiary/aromatic N) is 1. The molecule has 1 saturated heterocycles. The Balaban J connectivity index is 2.14. The van der Waals surface area contributed by atoms with Crippen LogP contribution in [0.15, 0.2) is 0 Å². The molecule has 1 heterocycles. The fraction of sp³-hybridized carbons (Fsp3) is 0.917. The molecule has 1 saturated carbocycles. The van der Waals surface area contributed by atoms with Crippen LogP contribution in [0.25, 0.3) is 0 Å². The van der Waals surface area contributed by atoms with Crippen molar-refractivity contribution < 1.29 is 13.2 Å². The maximum atomic E-state index is 12.1. The van der Waals surface area contributed by atoms with E-state index in [0.29, 0.717) is 19.5 Å². The lowest BCUT2D eigenvalue weighted by atomic mass is 9.82. The number of carbonyl (C=O) groups is 1. The number of nitrogens with one attached hydrogen (secondary N) is 1. The summed E-state index contributed by atoms with van der Waals surface area (Å²) in [5.41, 5.74) is 0. The SMILES string of the molecule is CCNS(=O)(=O)N1CCCC1C1CCCCC1=O. The Hall–Kier alpha value is -0.460. The van der Waals surface area contributed by atoms with Crippen molar-refractivity contribution in [3.05, 3.63) is 0 Å². The molecule has 0 aromatic rings. The average Bonchev–Trinajstić information content (AvgIpc) is 2.79. The van der Waals surface area contributed by atoms with E-state index < -0.39 is 10.2 Å². The summed E-state index contributed by atoms with van der Waals surface area (Å²) in [5.74, 6) is 0.180. The quantitative estimate of drug-likeness (QED) is 0.833. The molecule has 2 rings (SSSR count). The maximum absolute atomic E-state index is 12.1. The van der Waals surface area contributed by atoms with Crippen molar-refractivity contribution in [3.8, 4) is 0 Å². The highest BCUT2D eigenvalue weighted by atomic mass is 32.2. The highest BCUT2D eigenvalue weighted by Gasteiger charge is 2.41. The summed E-state index contributed by atoms with van der Waals surface area (Å²) in [7, 11) is -3.40. The van der Waals surface area contributed by atoms with E-state index in [1.807, 2.05) is 0 Å². The zero-order chi connectivity index (χ0) is 13.2. The molecule has 0 spiro atoms. The van der Waals surface area contributed by atoms with Crippen molar-refractivity contribution in [2.24, 2.45) is 5.92 Å². The minimum absolute atomic E-state index is 0.0744. The van der Waals surface area contributed by atoms with Crippen LogP contribution < -0.4 is 4.72 Å². The first-order chi connectivity index (χ1) is 8.56. The van der Waals surface area contributed by atoms with E-state index in [0.717, 1.165) is 32.1 Å². The van der Waals surface area contributed by atoms with Crippen LogP contribution in [0.2, 0.25) is 0 Å². The number of hydrogen-bond acceptors (Lipinski definition) is 3. The summed E-state index contributed by atoms with van der Waals surface area (Å²) in [5, 5.41) is 0. The molecule has 2 unspecified atom stereocenters. The predicted molar refractivity (Wildman–Crippen MR) is 69.3 cm³/mol. The van der Waals surface area contributed by atoms with Gasteiger partial charge in [-0.2, -0.15) is 12.7 Å². The van der Waals surface area contributed by atoms with E-state index in [-0.39, 0.29) is 17.7 Å². The molecule has 0 amide bonds. The van der Waals surface area contributed by atoms with Gasteiger partial charge in [-0.3, -0.25) is 4.79 Å². The predicted octanol–water partition coefficient (Wildman–Crippen LogP) is 1.06. The Kier molecular flexibility index (Phi) is 4.40. The molecule has 0 radical (unpaired) electrons. The molecule has 1 aliphatic carbocycles. The number of carbonyl (C=O) groups excluding carboxylic acids is 1. The second-order valence-corrected chi connectivity index (χ2v) is 6.85. The number of ketones is 1. The first-order valence-electron chi connectivity index (χ1n) is 6.85. The molecule has 5 nitrogen and oxygen atoms in total. The third kappa shape index (κ3) is 2.75. The van der Waals surface area contributed by atoms with Crippen LogP contribution in [-0.4, -0.2) is 37.6 Å². The summed E-state index contributed by atoms with van der Waals surface area (Å²) >= 11 is 0. The third-order valence-electron chi connectivity index (χ3n) is 3.95. The Bertz CT molecular complexity index is 408. The number of Topliss-reactive ketones (excluding diaryl/α,β-unsaturated/α-hetero) is 1. The molecule has 0 bridgehead atoms. The zero-order valence-corrected chi connectivity index (χ0v) is 11.7. The molecule has 18 heavy (non-hydrogen) atoms. The smallest absolute Gasteiger partial charge is 0.279 e. The van der Waals surface area contributed by atoms with Crippen molar-refractivity contribution in [1.82, 2.24) is 9.03 Å². The monoisotopic (exact) mass is 274 g/mol. The maximum Gasteiger partial charge on any atom is 0.279 e. The minimum atomic E-state index is -3.40. The van der Waals surface area contributed by atoms with Gasteiger partial charge >= 0.3 is 0 Å². The summed E-state index contributed by atoms with van der Waals surface area (Å²) in [6.07, 6.45) is 5.15. The normalized spacial score (nSPS) is 30.8. The lowest BCUT2D eigenvalue weighted by Crippen LogP contribution is -2.48. The van der Waals surface area contributed by atoms with E-state index in [4.69, 9.17) is 0 Å².